The first-order valence-electron chi connectivity index (χ1n) is 11.5. The van der Waals surface area contributed by atoms with Crippen LogP contribution in [0.3, 0.4) is 0 Å². The molecule has 1 saturated carbocycles. The fraction of sp³-hybridized carbons (Fsp3) is 0.500. The van der Waals surface area contributed by atoms with Gasteiger partial charge in [-0.2, -0.15) is 0 Å². The molecule has 0 N–H and O–H groups in total. The number of rotatable bonds is 5. The van der Waals surface area contributed by atoms with E-state index >= 15 is 0 Å². The van der Waals surface area contributed by atoms with Crippen LogP contribution in [0.25, 0.3) is 0 Å². The third-order valence-electron chi connectivity index (χ3n) is 7.47. The fourth-order valence-electron chi connectivity index (χ4n) is 5.77. The zero-order chi connectivity index (χ0) is 21.3. The standard InChI is InChI=1S/C26H30ClNO3/c27-21-7-9-22(10-8-21)31-24-11-6-20-17-28(18-23(20)24)25(29)26(12-14-30-15-13-26)16-19-4-2-1-3-5-19/h1-5,7-10,20,23-24H,6,11-18H2/t20-,23+,24-/m0/s1. The monoisotopic (exact) mass is 439 g/mol. The third-order valence-corrected chi connectivity index (χ3v) is 7.72. The predicted octanol–water partition coefficient (Wildman–Crippen LogP) is 5.00. The Hall–Kier alpha value is -2.04. The van der Waals surface area contributed by atoms with Crippen LogP contribution in [0.15, 0.2) is 54.6 Å². The van der Waals surface area contributed by atoms with Gasteiger partial charge in [-0.25, -0.2) is 0 Å². The molecule has 0 bridgehead atoms. The Labute approximate surface area is 189 Å². The third kappa shape index (κ3) is 4.33. The van der Waals surface area contributed by atoms with Crippen molar-refractivity contribution in [1.82, 2.24) is 4.90 Å². The van der Waals surface area contributed by atoms with Gasteiger partial charge >= 0.3 is 0 Å². The summed E-state index contributed by atoms with van der Waals surface area (Å²) < 4.78 is 12.0. The van der Waals surface area contributed by atoms with Crippen molar-refractivity contribution in [1.29, 1.82) is 0 Å². The average Bonchev–Trinajstić information content (AvgIpc) is 3.38. The van der Waals surface area contributed by atoms with Gasteiger partial charge in [-0.15, -0.1) is 0 Å². The van der Waals surface area contributed by atoms with Gasteiger partial charge in [0.05, 0.1) is 5.41 Å². The molecule has 2 aliphatic heterocycles. The van der Waals surface area contributed by atoms with Crippen molar-refractivity contribution < 1.29 is 14.3 Å². The number of ether oxygens (including phenoxy) is 2. The lowest BCUT2D eigenvalue weighted by molar-refractivity contribution is -0.147. The van der Waals surface area contributed by atoms with E-state index in [1.54, 1.807) is 0 Å². The molecule has 5 heteroatoms. The summed E-state index contributed by atoms with van der Waals surface area (Å²) in [5.74, 6) is 2.13. The maximum atomic E-state index is 13.9. The number of carbonyl (C=O) groups is 1. The van der Waals surface area contributed by atoms with Gasteiger partial charge < -0.3 is 14.4 Å². The molecule has 1 aliphatic carbocycles. The summed E-state index contributed by atoms with van der Waals surface area (Å²) in [6.07, 6.45) is 4.76. The van der Waals surface area contributed by atoms with Crippen LogP contribution in [0.4, 0.5) is 0 Å². The fourth-order valence-corrected chi connectivity index (χ4v) is 5.89. The Morgan fingerprint density at radius 1 is 1.03 bits per heavy atom. The molecule has 2 heterocycles. The number of hydrogen-bond donors (Lipinski definition) is 0. The Morgan fingerprint density at radius 2 is 1.77 bits per heavy atom. The van der Waals surface area contributed by atoms with Crippen molar-refractivity contribution in [3.63, 3.8) is 0 Å². The number of fused-ring (bicyclic) bond motifs is 1. The average molecular weight is 440 g/mol. The summed E-state index contributed by atoms with van der Waals surface area (Å²) >= 11 is 6.01. The molecule has 4 nitrogen and oxygen atoms in total. The summed E-state index contributed by atoms with van der Waals surface area (Å²) in [6.45, 7) is 3.00. The number of carbonyl (C=O) groups excluding carboxylic acids is 1. The molecule has 3 aliphatic rings. The lowest BCUT2D eigenvalue weighted by Crippen LogP contribution is -2.48. The number of halogens is 1. The van der Waals surface area contributed by atoms with Gasteiger partial charge in [0.2, 0.25) is 5.91 Å². The van der Waals surface area contributed by atoms with Crippen LogP contribution in [-0.2, 0) is 16.0 Å². The molecule has 0 spiro atoms. The largest absolute Gasteiger partial charge is 0.490 e. The molecule has 0 radical (unpaired) electrons. The van der Waals surface area contributed by atoms with E-state index in [0.29, 0.717) is 31.0 Å². The summed E-state index contributed by atoms with van der Waals surface area (Å²) in [6, 6.07) is 18.0. The van der Waals surface area contributed by atoms with E-state index in [1.165, 1.54) is 5.56 Å². The Kier molecular flexibility index (Phi) is 5.94. The first kappa shape index (κ1) is 20.8. The highest BCUT2D eigenvalue weighted by atomic mass is 35.5. The van der Waals surface area contributed by atoms with Crippen molar-refractivity contribution in [3.05, 3.63) is 65.2 Å². The molecule has 3 fully saturated rings. The van der Waals surface area contributed by atoms with E-state index in [1.807, 2.05) is 30.3 Å². The smallest absolute Gasteiger partial charge is 0.229 e. The lowest BCUT2D eigenvalue weighted by atomic mass is 9.74. The Morgan fingerprint density at radius 3 is 2.52 bits per heavy atom. The molecule has 2 aromatic carbocycles. The molecule has 164 valence electrons. The second kappa shape index (κ2) is 8.84. The van der Waals surface area contributed by atoms with E-state index < -0.39 is 0 Å². The lowest BCUT2D eigenvalue weighted by Gasteiger charge is -2.39. The van der Waals surface area contributed by atoms with Crippen LogP contribution in [0.2, 0.25) is 5.02 Å². The van der Waals surface area contributed by atoms with Crippen molar-refractivity contribution >= 4 is 17.5 Å². The quantitative estimate of drug-likeness (QED) is 0.658. The normalized spacial score (nSPS) is 27.1. The van der Waals surface area contributed by atoms with Crippen LogP contribution in [0, 0.1) is 17.3 Å². The molecule has 3 atom stereocenters. The Balaban J connectivity index is 1.29. The van der Waals surface area contributed by atoms with Gasteiger partial charge in [-0.1, -0.05) is 41.9 Å². The highest BCUT2D eigenvalue weighted by Crippen LogP contribution is 2.44. The molecule has 31 heavy (non-hydrogen) atoms. The number of hydrogen-bond acceptors (Lipinski definition) is 3. The number of nitrogens with zero attached hydrogens (tertiary/aromatic N) is 1. The Bertz CT molecular complexity index is 895. The summed E-state index contributed by atoms with van der Waals surface area (Å²) in [5.41, 5.74) is 0.895. The van der Waals surface area contributed by atoms with Gasteiger partial charge in [0, 0.05) is 37.2 Å². The second-order valence-corrected chi connectivity index (χ2v) is 9.81. The molecule has 2 saturated heterocycles. The minimum Gasteiger partial charge on any atom is -0.490 e. The molecular formula is C26H30ClNO3. The zero-order valence-corrected chi connectivity index (χ0v) is 18.6. The second-order valence-electron chi connectivity index (χ2n) is 9.38. The first-order chi connectivity index (χ1) is 15.1. The predicted molar refractivity (Wildman–Crippen MR) is 121 cm³/mol. The highest BCUT2D eigenvalue weighted by Gasteiger charge is 2.50. The zero-order valence-electron chi connectivity index (χ0n) is 17.8. The van der Waals surface area contributed by atoms with Crippen LogP contribution >= 0.6 is 11.6 Å². The highest BCUT2D eigenvalue weighted by molar-refractivity contribution is 6.30. The summed E-state index contributed by atoms with van der Waals surface area (Å²) in [5, 5.41) is 0.717. The van der Waals surface area contributed by atoms with Crippen LogP contribution < -0.4 is 4.74 Å². The van der Waals surface area contributed by atoms with E-state index in [-0.39, 0.29) is 11.5 Å². The first-order valence-corrected chi connectivity index (χ1v) is 11.8. The maximum Gasteiger partial charge on any atom is 0.229 e. The van der Waals surface area contributed by atoms with Crippen molar-refractivity contribution in [3.8, 4) is 5.75 Å². The van der Waals surface area contributed by atoms with E-state index in [4.69, 9.17) is 21.1 Å². The van der Waals surface area contributed by atoms with E-state index in [2.05, 4.69) is 29.2 Å². The van der Waals surface area contributed by atoms with Gasteiger partial charge in [0.15, 0.2) is 0 Å². The number of amides is 1. The van der Waals surface area contributed by atoms with Crippen LogP contribution in [-0.4, -0.2) is 43.2 Å². The van der Waals surface area contributed by atoms with Gasteiger partial charge in [-0.3, -0.25) is 4.79 Å². The maximum absolute atomic E-state index is 13.9. The number of benzene rings is 2. The van der Waals surface area contributed by atoms with Gasteiger partial charge in [0.1, 0.15) is 11.9 Å². The van der Waals surface area contributed by atoms with Crippen molar-refractivity contribution in [2.45, 2.75) is 38.2 Å². The van der Waals surface area contributed by atoms with Crippen LogP contribution in [0.5, 0.6) is 5.75 Å². The molecule has 2 aromatic rings. The van der Waals surface area contributed by atoms with Gasteiger partial charge in [-0.05, 0) is 67.9 Å². The number of likely N-dealkylation sites (tertiary alicyclic amines) is 1. The molecule has 5 rings (SSSR count). The van der Waals surface area contributed by atoms with E-state index in [9.17, 15) is 4.79 Å². The summed E-state index contributed by atoms with van der Waals surface area (Å²) in [7, 11) is 0. The van der Waals surface area contributed by atoms with Gasteiger partial charge in [0.25, 0.3) is 0 Å². The van der Waals surface area contributed by atoms with E-state index in [0.717, 1.165) is 56.0 Å². The topological polar surface area (TPSA) is 38.8 Å². The van der Waals surface area contributed by atoms with Crippen LogP contribution in [0.1, 0.15) is 31.2 Å². The minimum absolute atomic E-state index is 0.170. The molecular weight excluding hydrogens is 410 g/mol. The van der Waals surface area contributed by atoms with Crippen molar-refractivity contribution in [2.24, 2.45) is 17.3 Å². The molecule has 0 aromatic heterocycles. The molecule has 0 unspecified atom stereocenters. The SMILES string of the molecule is O=C(N1C[C@@H]2CC[C@H](Oc3ccc(Cl)cc3)[C@@H]2C1)C1(Cc2ccccc2)CCOCC1. The van der Waals surface area contributed by atoms with Crippen molar-refractivity contribution in [2.75, 3.05) is 26.3 Å². The molecule has 1 amide bonds. The minimum atomic E-state index is -0.342. The summed E-state index contributed by atoms with van der Waals surface area (Å²) in [4.78, 5) is 16.0.